The Hall–Kier alpha value is -2.89. The summed E-state index contributed by atoms with van der Waals surface area (Å²) in [6.45, 7) is 2.01. The van der Waals surface area contributed by atoms with Crippen LogP contribution in [0.15, 0.2) is 41.2 Å². The van der Waals surface area contributed by atoms with Gasteiger partial charge in [0.25, 0.3) is 5.89 Å². The average Bonchev–Trinajstić information content (AvgIpc) is 2.96. The topological polar surface area (TPSA) is 92.3 Å². The molecule has 6 nitrogen and oxygen atoms in total. The van der Waals surface area contributed by atoms with Gasteiger partial charge < -0.3 is 14.7 Å². The molecule has 0 fully saturated rings. The summed E-state index contributed by atoms with van der Waals surface area (Å²) in [6.07, 6.45) is 4.19. The lowest BCUT2D eigenvalue weighted by atomic mass is 10.1. The van der Waals surface area contributed by atoms with Crippen LogP contribution in [0.25, 0.3) is 22.8 Å². The average molecular weight is 283 g/mol. The molecule has 0 unspecified atom stereocenters. The fourth-order valence-corrected chi connectivity index (χ4v) is 2.11. The first-order chi connectivity index (χ1) is 10.2. The maximum Gasteiger partial charge on any atom is 0.265 e. The van der Waals surface area contributed by atoms with Crippen molar-refractivity contribution < 1.29 is 14.7 Å². The molecule has 0 spiro atoms. The largest absolute Gasteiger partial charge is 0.507 e. The van der Waals surface area contributed by atoms with Gasteiger partial charge in [0.05, 0.1) is 0 Å². The zero-order valence-electron chi connectivity index (χ0n) is 11.3. The van der Waals surface area contributed by atoms with E-state index in [2.05, 4.69) is 15.1 Å². The molecule has 21 heavy (non-hydrogen) atoms. The Bertz CT molecular complexity index is 763. The molecule has 3 rings (SSSR count). The molecule has 0 radical (unpaired) electrons. The van der Waals surface area contributed by atoms with Crippen LogP contribution in [-0.4, -0.2) is 25.3 Å². The minimum Gasteiger partial charge on any atom is -0.507 e. The van der Waals surface area contributed by atoms with Crippen LogP contribution in [0, 0.1) is 0 Å². The molecule has 1 aromatic carbocycles. The molecular formula is C15H13N3O3. The van der Waals surface area contributed by atoms with Gasteiger partial charge in [0.2, 0.25) is 5.82 Å². The first kappa shape index (κ1) is 13.1. The third-order valence-corrected chi connectivity index (χ3v) is 3.19. The Labute approximate surface area is 120 Å². The van der Waals surface area contributed by atoms with Crippen LogP contribution in [-0.2, 0) is 6.42 Å². The van der Waals surface area contributed by atoms with E-state index in [9.17, 15) is 10.2 Å². The van der Waals surface area contributed by atoms with Crippen LogP contribution in [0.1, 0.15) is 12.5 Å². The minimum atomic E-state index is -0.115. The van der Waals surface area contributed by atoms with Crippen molar-refractivity contribution in [3.63, 3.8) is 0 Å². The van der Waals surface area contributed by atoms with Crippen molar-refractivity contribution in [1.82, 2.24) is 15.1 Å². The molecule has 2 heterocycles. The maximum atomic E-state index is 9.83. The summed E-state index contributed by atoms with van der Waals surface area (Å²) >= 11 is 0. The summed E-state index contributed by atoms with van der Waals surface area (Å²) in [5.74, 6) is 0.234. The van der Waals surface area contributed by atoms with Crippen LogP contribution in [0.5, 0.6) is 11.5 Å². The molecule has 106 valence electrons. The normalized spacial score (nSPS) is 10.7. The zero-order valence-corrected chi connectivity index (χ0v) is 11.3. The number of aromatic hydroxyl groups is 2. The van der Waals surface area contributed by atoms with E-state index in [1.807, 2.05) is 6.92 Å². The summed E-state index contributed by atoms with van der Waals surface area (Å²) in [5, 5.41) is 23.6. The number of benzene rings is 1. The van der Waals surface area contributed by atoms with Gasteiger partial charge in [-0.05, 0) is 30.2 Å². The van der Waals surface area contributed by atoms with Crippen LogP contribution in [0.3, 0.4) is 0 Å². The van der Waals surface area contributed by atoms with Crippen molar-refractivity contribution in [2.75, 3.05) is 0 Å². The van der Waals surface area contributed by atoms with Crippen molar-refractivity contribution in [3.05, 3.63) is 42.2 Å². The number of phenolic OH excluding ortho intramolecular Hbond substituents is 2. The van der Waals surface area contributed by atoms with Crippen LogP contribution < -0.4 is 0 Å². The van der Waals surface area contributed by atoms with Gasteiger partial charge in [0, 0.05) is 18.0 Å². The van der Waals surface area contributed by atoms with E-state index in [1.165, 1.54) is 18.2 Å². The third-order valence-electron chi connectivity index (χ3n) is 3.19. The summed E-state index contributed by atoms with van der Waals surface area (Å²) in [5.41, 5.74) is 1.94. The maximum absolute atomic E-state index is 9.83. The molecule has 0 aliphatic rings. The highest BCUT2D eigenvalue weighted by Gasteiger charge is 2.18. The van der Waals surface area contributed by atoms with Gasteiger partial charge in [0.1, 0.15) is 17.1 Å². The van der Waals surface area contributed by atoms with Gasteiger partial charge in [-0.3, -0.25) is 4.98 Å². The number of phenols is 2. The predicted octanol–water partition coefficient (Wildman–Crippen LogP) is 2.77. The molecule has 3 aromatic rings. The standard InChI is InChI=1S/C15H13N3O3/c1-2-9-8-16-7-6-10(9)14-17-15(21-18-14)13-11(19)4-3-5-12(13)20/h3-8,19-20H,2H2,1H3. The first-order valence-electron chi connectivity index (χ1n) is 6.49. The van der Waals surface area contributed by atoms with Gasteiger partial charge in [-0.2, -0.15) is 4.98 Å². The summed E-state index contributed by atoms with van der Waals surface area (Å²) < 4.78 is 5.16. The molecule has 6 heteroatoms. The van der Waals surface area contributed by atoms with Crippen molar-refractivity contribution in [3.8, 4) is 34.3 Å². The lowest BCUT2D eigenvalue weighted by Crippen LogP contribution is -1.90. The highest BCUT2D eigenvalue weighted by Crippen LogP contribution is 2.36. The van der Waals surface area contributed by atoms with Gasteiger partial charge in [0.15, 0.2) is 0 Å². The highest BCUT2D eigenvalue weighted by molar-refractivity contribution is 5.71. The van der Waals surface area contributed by atoms with Crippen molar-refractivity contribution in [2.45, 2.75) is 13.3 Å². The Morgan fingerprint density at radius 1 is 1.14 bits per heavy atom. The second kappa shape index (κ2) is 5.24. The molecule has 0 saturated heterocycles. The molecule has 0 aliphatic heterocycles. The number of nitrogens with zero attached hydrogens (tertiary/aromatic N) is 3. The van der Waals surface area contributed by atoms with Crippen LogP contribution in [0.2, 0.25) is 0 Å². The molecule has 0 bridgehead atoms. The second-order valence-electron chi connectivity index (χ2n) is 4.48. The fraction of sp³-hybridized carbons (Fsp3) is 0.133. The summed E-state index contributed by atoms with van der Waals surface area (Å²) in [7, 11) is 0. The Morgan fingerprint density at radius 3 is 2.62 bits per heavy atom. The molecule has 0 amide bonds. The van der Waals surface area contributed by atoms with Gasteiger partial charge in [-0.1, -0.05) is 18.1 Å². The van der Waals surface area contributed by atoms with Crippen molar-refractivity contribution >= 4 is 0 Å². The van der Waals surface area contributed by atoms with Gasteiger partial charge >= 0.3 is 0 Å². The molecule has 2 aromatic heterocycles. The van der Waals surface area contributed by atoms with Gasteiger partial charge in [-0.25, -0.2) is 0 Å². The van der Waals surface area contributed by atoms with Crippen LogP contribution >= 0.6 is 0 Å². The number of aryl methyl sites for hydroxylation is 1. The molecule has 0 atom stereocenters. The van der Waals surface area contributed by atoms with Crippen molar-refractivity contribution in [1.29, 1.82) is 0 Å². The van der Waals surface area contributed by atoms with E-state index in [0.29, 0.717) is 5.82 Å². The molecule has 0 saturated carbocycles. The van der Waals surface area contributed by atoms with E-state index < -0.39 is 0 Å². The molecule has 0 aliphatic carbocycles. The van der Waals surface area contributed by atoms with E-state index >= 15 is 0 Å². The number of aromatic nitrogens is 3. The lowest BCUT2D eigenvalue weighted by molar-refractivity contribution is 0.416. The molecule has 2 N–H and O–H groups in total. The summed E-state index contributed by atoms with van der Waals surface area (Å²) in [4.78, 5) is 8.32. The fourth-order valence-electron chi connectivity index (χ4n) is 2.11. The Balaban J connectivity index is 2.09. The Kier molecular flexibility index (Phi) is 3.27. The van der Waals surface area contributed by atoms with Crippen molar-refractivity contribution in [2.24, 2.45) is 0 Å². The lowest BCUT2D eigenvalue weighted by Gasteiger charge is -2.02. The number of hydrogen-bond donors (Lipinski definition) is 2. The minimum absolute atomic E-state index is 0.0689. The SMILES string of the molecule is CCc1cnccc1-c1noc(-c2c(O)cccc2O)n1. The predicted molar refractivity (Wildman–Crippen MR) is 75.7 cm³/mol. The summed E-state index contributed by atoms with van der Waals surface area (Å²) in [6, 6.07) is 6.23. The first-order valence-corrected chi connectivity index (χ1v) is 6.49. The van der Waals surface area contributed by atoms with Crippen LogP contribution in [0.4, 0.5) is 0 Å². The third kappa shape index (κ3) is 2.31. The van der Waals surface area contributed by atoms with E-state index in [1.54, 1.807) is 18.5 Å². The van der Waals surface area contributed by atoms with E-state index in [-0.39, 0.29) is 23.0 Å². The smallest absolute Gasteiger partial charge is 0.265 e. The second-order valence-corrected chi connectivity index (χ2v) is 4.48. The number of pyridine rings is 1. The van der Waals surface area contributed by atoms with E-state index in [4.69, 9.17) is 4.52 Å². The number of rotatable bonds is 3. The monoisotopic (exact) mass is 283 g/mol. The van der Waals surface area contributed by atoms with Gasteiger partial charge in [-0.15, -0.1) is 0 Å². The number of hydrogen-bond acceptors (Lipinski definition) is 6. The quantitative estimate of drug-likeness (QED) is 0.767. The zero-order chi connectivity index (χ0) is 14.8. The van der Waals surface area contributed by atoms with E-state index in [0.717, 1.165) is 17.5 Å². The molecular weight excluding hydrogens is 270 g/mol. The highest BCUT2D eigenvalue weighted by atomic mass is 16.5. The Morgan fingerprint density at radius 2 is 1.90 bits per heavy atom.